The first-order chi connectivity index (χ1) is 11.9. The van der Waals surface area contributed by atoms with Crippen molar-refractivity contribution >= 4 is 34.3 Å². The Kier molecular flexibility index (Phi) is 4.58. The molecular formula is C16H19N5O3S. The summed E-state index contributed by atoms with van der Waals surface area (Å²) in [6.45, 7) is 5.47. The fraction of sp³-hybridized carbons (Fsp3) is 0.375. The Bertz CT molecular complexity index is 825. The van der Waals surface area contributed by atoms with Gasteiger partial charge in [0.2, 0.25) is 0 Å². The Labute approximate surface area is 149 Å². The van der Waals surface area contributed by atoms with E-state index in [1.165, 1.54) is 10.9 Å². The summed E-state index contributed by atoms with van der Waals surface area (Å²) in [6.07, 6.45) is 0. The van der Waals surface area contributed by atoms with E-state index in [1.807, 2.05) is 18.7 Å². The van der Waals surface area contributed by atoms with E-state index in [2.05, 4.69) is 15.6 Å². The molecule has 1 amide bonds. The zero-order valence-corrected chi connectivity index (χ0v) is 15.1. The van der Waals surface area contributed by atoms with Crippen molar-refractivity contribution in [3.05, 3.63) is 43.4 Å². The predicted molar refractivity (Wildman–Crippen MR) is 97.4 cm³/mol. The molecule has 1 aromatic carbocycles. The SMILES string of the molecule is CCNC(=O)c1cc([N+](=O)[O-])c(NC)cc1N1Cc2nc(C)sc2C1. The van der Waals surface area contributed by atoms with Crippen LogP contribution in [-0.4, -0.2) is 29.4 Å². The number of fused-ring (bicyclic) bond motifs is 1. The van der Waals surface area contributed by atoms with Crippen LogP contribution in [0.1, 0.15) is 32.9 Å². The number of aromatic nitrogens is 1. The number of aryl methyl sites for hydroxylation is 1. The minimum Gasteiger partial charge on any atom is -0.383 e. The Hall–Kier alpha value is -2.68. The van der Waals surface area contributed by atoms with Crippen LogP contribution in [0.25, 0.3) is 0 Å². The first kappa shape index (κ1) is 17.2. The molecule has 2 aromatic rings. The van der Waals surface area contributed by atoms with Crippen LogP contribution >= 0.6 is 11.3 Å². The molecule has 8 nitrogen and oxygen atoms in total. The molecule has 9 heteroatoms. The molecule has 2 heterocycles. The van der Waals surface area contributed by atoms with Crippen LogP contribution in [0.4, 0.5) is 17.1 Å². The standard InChI is InChI=1S/C16H19N5O3S/c1-4-18-16(22)10-5-14(21(23)24)11(17-3)6-13(10)20-7-12-15(8-20)25-9(2)19-12/h5-6,17H,4,7-8H2,1-3H3,(H,18,22). The van der Waals surface area contributed by atoms with Gasteiger partial charge in [-0.1, -0.05) is 0 Å². The van der Waals surface area contributed by atoms with Crippen molar-refractivity contribution in [1.82, 2.24) is 10.3 Å². The molecule has 1 aliphatic rings. The van der Waals surface area contributed by atoms with E-state index in [-0.39, 0.29) is 11.6 Å². The maximum Gasteiger partial charge on any atom is 0.293 e. The number of nitrogens with one attached hydrogen (secondary N) is 2. The van der Waals surface area contributed by atoms with Gasteiger partial charge in [-0.3, -0.25) is 14.9 Å². The second-order valence-corrected chi connectivity index (χ2v) is 7.00. The zero-order chi connectivity index (χ0) is 18.1. The summed E-state index contributed by atoms with van der Waals surface area (Å²) >= 11 is 1.64. The number of nitro benzene ring substituents is 1. The first-order valence-corrected chi connectivity index (χ1v) is 8.74. The summed E-state index contributed by atoms with van der Waals surface area (Å²) in [7, 11) is 1.63. The summed E-state index contributed by atoms with van der Waals surface area (Å²) in [5, 5.41) is 17.9. The number of amides is 1. The molecular weight excluding hydrogens is 342 g/mol. The van der Waals surface area contributed by atoms with E-state index >= 15 is 0 Å². The maximum atomic E-state index is 12.5. The number of carbonyl (C=O) groups is 1. The number of thiazole rings is 1. The number of nitro groups is 1. The lowest BCUT2D eigenvalue weighted by Crippen LogP contribution is -2.26. The molecule has 0 fully saturated rings. The third-order valence-electron chi connectivity index (χ3n) is 4.06. The van der Waals surface area contributed by atoms with Crippen LogP contribution in [0.2, 0.25) is 0 Å². The highest BCUT2D eigenvalue weighted by Crippen LogP contribution is 2.38. The number of carbonyl (C=O) groups excluding carboxylic acids is 1. The molecule has 132 valence electrons. The first-order valence-electron chi connectivity index (χ1n) is 7.93. The average molecular weight is 361 g/mol. The fourth-order valence-corrected chi connectivity index (χ4v) is 3.93. The van der Waals surface area contributed by atoms with Gasteiger partial charge in [0.05, 0.1) is 40.0 Å². The molecule has 0 saturated heterocycles. The molecule has 0 saturated carbocycles. The van der Waals surface area contributed by atoms with Crippen LogP contribution in [0.5, 0.6) is 0 Å². The monoisotopic (exact) mass is 361 g/mol. The zero-order valence-electron chi connectivity index (χ0n) is 14.3. The van der Waals surface area contributed by atoms with Crippen LogP contribution < -0.4 is 15.5 Å². The Morgan fingerprint density at radius 2 is 2.20 bits per heavy atom. The smallest absolute Gasteiger partial charge is 0.293 e. The summed E-state index contributed by atoms with van der Waals surface area (Å²) in [5.41, 5.74) is 2.25. The van der Waals surface area contributed by atoms with E-state index in [1.54, 1.807) is 24.5 Å². The highest BCUT2D eigenvalue weighted by molar-refractivity contribution is 7.11. The van der Waals surface area contributed by atoms with Gasteiger partial charge in [0.15, 0.2) is 0 Å². The topological polar surface area (TPSA) is 100 Å². The Morgan fingerprint density at radius 1 is 1.44 bits per heavy atom. The number of anilines is 2. The van der Waals surface area contributed by atoms with Crippen LogP contribution in [0.15, 0.2) is 12.1 Å². The molecule has 25 heavy (non-hydrogen) atoms. The summed E-state index contributed by atoms with van der Waals surface area (Å²) in [4.78, 5) is 31.0. The Morgan fingerprint density at radius 3 is 2.80 bits per heavy atom. The molecule has 0 bridgehead atoms. The lowest BCUT2D eigenvalue weighted by atomic mass is 10.1. The molecule has 3 rings (SSSR count). The molecule has 0 radical (unpaired) electrons. The van der Waals surface area contributed by atoms with Gasteiger partial charge in [-0.25, -0.2) is 4.98 Å². The van der Waals surface area contributed by atoms with Crippen molar-refractivity contribution in [2.45, 2.75) is 26.9 Å². The van der Waals surface area contributed by atoms with Crippen molar-refractivity contribution in [2.75, 3.05) is 23.8 Å². The van der Waals surface area contributed by atoms with Gasteiger partial charge in [0.1, 0.15) is 5.69 Å². The second kappa shape index (κ2) is 6.67. The van der Waals surface area contributed by atoms with Crippen LogP contribution in [0, 0.1) is 17.0 Å². The number of nitrogens with zero attached hydrogens (tertiary/aromatic N) is 3. The average Bonchev–Trinajstić information content (AvgIpc) is 3.10. The largest absolute Gasteiger partial charge is 0.383 e. The maximum absolute atomic E-state index is 12.5. The summed E-state index contributed by atoms with van der Waals surface area (Å²) in [6, 6.07) is 3.02. The number of hydrogen-bond donors (Lipinski definition) is 2. The van der Waals surface area contributed by atoms with Crippen molar-refractivity contribution < 1.29 is 9.72 Å². The third-order valence-corrected chi connectivity index (χ3v) is 5.06. The van der Waals surface area contributed by atoms with Crippen molar-refractivity contribution in [3.63, 3.8) is 0 Å². The van der Waals surface area contributed by atoms with Gasteiger partial charge < -0.3 is 15.5 Å². The minimum absolute atomic E-state index is 0.115. The third kappa shape index (κ3) is 3.14. The van der Waals surface area contributed by atoms with Gasteiger partial charge in [0, 0.05) is 24.5 Å². The van der Waals surface area contributed by atoms with Gasteiger partial charge in [-0.05, 0) is 19.9 Å². The fourth-order valence-electron chi connectivity index (χ4n) is 2.97. The minimum atomic E-state index is -0.482. The quantitative estimate of drug-likeness (QED) is 0.627. The Balaban J connectivity index is 2.06. The highest BCUT2D eigenvalue weighted by atomic mass is 32.1. The number of hydrogen-bond acceptors (Lipinski definition) is 7. The second-order valence-electron chi connectivity index (χ2n) is 5.71. The van der Waals surface area contributed by atoms with Crippen LogP contribution in [-0.2, 0) is 13.1 Å². The molecule has 1 aliphatic heterocycles. The van der Waals surface area contributed by atoms with Gasteiger partial charge in [-0.2, -0.15) is 0 Å². The van der Waals surface area contributed by atoms with Crippen molar-refractivity contribution in [1.29, 1.82) is 0 Å². The molecule has 0 atom stereocenters. The van der Waals surface area contributed by atoms with Gasteiger partial charge in [0.25, 0.3) is 11.6 Å². The van der Waals surface area contributed by atoms with E-state index in [4.69, 9.17) is 0 Å². The van der Waals surface area contributed by atoms with Crippen molar-refractivity contribution in [3.8, 4) is 0 Å². The van der Waals surface area contributed by atoms with E-state index in [0.717, 1.165) is 10.7 Å². The van der Waals surface area contributed by atoms with Gasteiger partial charge >= 0.3 is 0 Å². The molecule has 0 unspecified atom stereocenters. The summed E-state index contributed by atoms with van der Waals surface area (Å²) < 4.78 is 0. The lowest BCUT2D eigenvalue weighted by Gasteiger charge is -2.22. The molecule has 0 aliphatic carbocycles. The molecule has 2 N–H and O–H groups in total. The van der Waals surface area contributed by atoms with Crippen LogP contribution in [0.3, 0.4) is 0 Å². The lowest BCUT2D eigenvalue weighted by molar-refractivity contribution is -0.383. The number of benzene rings is 1. The highest BCUT2D eigenvalue weighted by Gasteiger charge is 2.29. The van der Waals surface area contributed by atoms with E-state index < -0.39 is 4.92 Å². The normalized spacial score (nSPS) is 12.8. The van der Waals surface area contributed by atoms with E-state index in [9.17, 15) is 14.9 Å². The van der Waals surface area contributed by atoms with Crippen molar-refractivity contribution in [2.24, 2.45) is 0 Å². The molecule has 0 spiro atoms. The van der Waals surface area contributed by atoms with E-state index in [0.29, 0.717) is 36.6 Å². The predicted octanol–water partition coefficient (Wildman–Crippen LogP) is 2.67. The summed E-state index contributed by atoms with van der Waals surface area (Å²) in [5.74, 6) is -0.317. The number of rotatable bonds is 5. The molecule has 1 aromatic heterocycles. The van der Waals surface area contributed by atoms with Gasteiger partial charge in [-0.15, -0.1) is 11.3 Å².